The summed E-state index contributed by atoms with van der Waals surface area (Å²) in [5, 5.41) is 3.22. The molecule has 2 heterocycles. The smallest absolute Gasteiger partial charge is 0.261 e. The Labute approximate surface area is 126 Å². The number of anilines is 1. The molecule has 1 atom stereocenters. The number of rotatable bonds is 3. The molecule has 0 aliphatic rings. The average Bonchev–Trinajstić information content (AvgIpc) is 2.56. The van der Waals surface area contributed by atoms with Crippen molar-refractivity contribution in [3.63, 3.8) is 0 Å². The highest BCUT2D eigenvalue weighted by Crippen LogP contribution is 2.11. The van der Waals surface area contributed by atoms with E-state index in [4.69, 9.17) is 0 Å². The number of nitrogens with zero attached hydrogens (tertiary/aromatic N) is 3. The summed E-state index contributed by atoms with van der Waals surface area (Å²) in [6.45, 7) is 1.66. The van der Waals surface area contributed by atoms with Gasteiger partial charge in [-0.3, -0.25) is 19.1 Å². The predicted molar refractivity (Wildman–Crippen MR) is 83.6 cm³/mol. The van der Waals surface area contributed by atoms with Gasteiger partial charge in [0.1, 0.15) is 6.04 Å². The highest BCUT2D eigenvalue weighted by molar-refractivity contribution is 5.93. The molecule has 110 valence electrons. The Morgan fingerprint density at radius 1 is 1.23 bits per heavy atom. The van der Waals surface area contributed by atoms with E-state index in [0.717, 1.165) is 0 Å². The lowest BCUT2D eigenvalue weighted by Gasteiger charge is -2.15. The summed E-state index contributed by atoms with van der Waals surface area (Å²) in [5.41, 5.74) is 0.962. The van der Waals surface area contributed by atoms with E-state index in [2.05, 4.69) is 15.3 Å². The molecule has 0 bridgehead atoms. The van der Waals surface area contributed by atoms with E-state index < -0.39 is 6.04 Å². The Morgan fingerprint density at radius 3 is 2.82 bits per heavy atom. The van der Waals surface area contributed by atoms with E-state index in [0.29, 0.717) is 16.6 Å². The van der Waals surface area contributed by atoms with E-state index in [-0.39, 0.29) is 11.5 Å². The molecule has 0 radical (unpaired) electrons. The van der Waals surface area contributed by atoms with Crippen molar-refractivity contribution in [3.8, 4) is 0 Å². The molecule has 3 aromatic rings. The molecule has 0 spiro atoms. The second kappa shape index (κ2) is 5.77. The molecule has 1 aromatic carbocycles. The van der Waals surface area contributed by atoms with Gasteiger partial charge >= 0.3 is 0 Å². The monoisotopic (exact) mass is 294 g/mol. The van der Waals surface area contributed by atoms with E-state index in [1.165, 1.54) is 10.9 Å². The number of aromatic nitrogens is 3. The third-order valence-electron chi connectivity index (χ3n) is 3.42. The first-order valence-electron chi connectivity index (χ1n) is 6.83. The second-order valence-electron chi connectivity index (χ2n) is 4.88. The summed E-state index contributed by atoms with van der Waals surface area (Å²) in [6.07, 6.45) is 4.57. The summed E-state index contributed by atoms with van der Waals surface area (Å²) in [7, 11) is 0. The highest BCUT2D eigenvalue weighted by atomic mass is 16.2. The molecule has 0 unspecified atom stereocenters. The Morgan fingerprint density at radius 2 is 2.05 bits per heavy atom. The van der Waals surface area contributed by atoms with E-state index in [9.17, 15) is 9.59 Å². The first-order valence-corrected chi connectivity index (χ1v) is 6.83. The van der Waals surface area contributed by atoms with Crippen molar-refractivity contribution in [2.75, 3.05) is 5.32 Å². The maximum absolute atomic E-state index is 12.5. The lowest BCUT2D eigenvalue weighted by atomic mass is 10.2. The van der Waals surface area contributed by atoms with Crippen LogP contribution < -0.4 is 10.9 Å². The predicted octanol–water partition coefficient (Wildman–Crippen LogP) is 1.99. The Hall–Kier alpha value is -3.02. The number of nitrogens with one attached hydrogen (secondary N) is 1. The van der Waals surface area contributed by atoms with Gasteiger partial charge in [-0.2, -0.15) is 0 Å². The topological polar surface area (TPSA) is 76.9 Å². The fraction of sp³-hybridized carbons (Fsp3) is 0.125. The van der Waals surface area contributed by atoms with Crippen molar-refractivity contribution in [3.05, 3.63) is 65.5 Å². The van der Waals surface area contributed by atoms with Crippen LogP contribution in [0.4, 0.5) is 5.69 Å². The van der Waals surface area contributed by atoms with Gasteiger partial charge in [-0.1, -0.05) is 12.1 Å². The van der Waals surface area contributed by atoms with Gasteiger partial charge in [0.25, 0.3) is 5.56 Å². The van der Waals surface area contributed by atoms with Gasteiger partial charge in [0, 0.05) is 6.20 Å². The van der Waals surface area contributed by atoms with Crippen molar-refractivity contribution >= 4 is 22.5 Å². The van der Waals surface area contributed by atoms with E-state index in [1.54, 1.807) is 49.6 Å². The van der Waals surface area contributed by atoms with Gasteiger partial charge in [-0.15, -0.1) is 0 Å². The Bertz CT molecular complexity index is 874. The zero-order valence-electron chi connectivity index (χ0n) is 11.9. The molecule has 22 heavy (non-hydrogen) atoms. The minimum absolute atomic E-state index is 0.237. The summed E-state index contributed by atoms with van der Waals surface area (Å²) in [4.78, 5) is 32.9. The minimum Gasteiger partial charge on any atom is -0.323 e. The number of para-hydroxylation sites is 1. The molecule has 0 fully saturated rings. The lowest BCUT2D eigenvalue weighted by Crippen LogP contribution is -2.31. The molecule has 0 aliphatic carbocycles. The molecule has 1 N–H and O–H groups in total. The molecule has 3 rings (SSSR count). The number of amides is 1. The molecular formula is C16H14N4O2. The minimum atomic E-state index is -0.676. The van der Waals surface area contributed by atoms with Crippen LogP contribution in [-0.2, 0) is 4.79 Å². The van der Waals surface area contributed by atoms with Gasteiger partial charge in [0.15, 0.2) is 0 Å². The molecule has 2 aromatic heterocycles. The number of fused-ring (bicyclic) bond motifs is 1. The molecule has 6 heteroatoms. The first-order chi connectivity index (χ1) is 10.7. The number of carbonyl (C=O) groups excluding carboxylic acids is 1. The van der Waals surface area contributed by atoms with Crippen LogP contribution in [0.5, 0.6) is 0 Å². The molecular weight excluding hydrogens is 280 g/mol. The third kappa shape index (κ3) is 2.58. The molecule has 1 amide bonds. The quantitative estimate of drug-likeness (QED) is 0.801. The van der Waals surface area contributed by atoms with Crippen molar-refractivity contribution in [2.24, 2.45) is 0 Å². The fourth-order valence-corrected chi connectivity index (χ4v) is 2.17. The zero-order chi connectivity index (χ0) is 15.5. The van der Waals surface area contributed by atoms with Crippen LogP contribution in [0.2, 0.25) is 0 Å². The van der Waals surface area contributed by atoms with E-state index in [1.807, 2.05) is 6.07 Å². The van der Waals surface area contributed by atoms with Crippen LogP contribution in [0.15, 0.2) is 59.9 Å². The lowest BCUT2D eigenvalue weighted by molar-refractivity contribution is -0.118. The summed E-state index contributed by atoms with van der Waals surface area (Å²) in [6, 6.07) is 9.84. The maximum atomic E-state index is 12.5. The molecule has 0 aliphatic heterocycles. The molecule has 0 saturated carbocycles. The normalized spacial score (nSPS) is 12.0. The number of benzene rings is 1. The van der Waals surface area contributed by atoms with Crippen molar-refractivity contribution in [1.82, 2.24) is 14.5 Å². The van der Waals surface area contributed by atoms with Crippen LogP contribution in [0, 0.1) is 0 Å². The van der Waals surface area contributed by atoms with Crippen molar-refractivity contribution in [2.45, 2.75) is 13.0 Å². The zero-order valence-corrected chi connectivity index (χ0v) is 11.9. The fourth-order valence-electron chi connectivity index (χ4n) is 2.17. The van der Waals surface area contributed by atoms with Crippen LogP contribution >= 0.6 is 0 Å². The molecule has 0 saturated heterocycles. The largest absolute Gasteiger partial charge is 0.323 e. The SMILES string of the molecule is C[C@@H](C(=O)Nc1cccnc1)n1cnc2ccccc2c1=O. The van der Waals surface area contributed by atoms with Gasteiger partial charge in [0.05, 0.1) is 29.1 Å². The summed E-state index contributed by atoms with van der Waals surface area (Å²) >= 11 is 0. The van der Waals surface area contributed by atoms with Gasteiger partial charge < -0.3 is 5.32 Å². The Kier molecular flexibility index (Phi) is 3.65. The number of hydrogen-bond acceptors (Lipinski definition) is 4. The van der Waals surface area contributed by atoms with Crippen molar-refractivity contribution < 1.29 is 4.79 Å². The molecule has 6 nitrogen and oxygen atoms in total. The third-order valence-corrected chi connectivity index (χ3v) is 3.42. The van der Waals surface area contributed by atoms with Gasteiger partial charge in [-0.05, 0) is 31.2 Å². The number of pyridine rings is 1. The van der Waals surface area contributed by atoms with Crippen LogP contribution in [0.3, 0.4) is 0 Å². The number of hydrogen-bond donors (Lipinski definition) is 1. The van der Waals surface area contributed by atoms with Gasteiger partial charge in [-0.25, -0.2) is 4.98 Å². The second-order valence-corrected chi connectivity index (χ2v) is 4.88. The van der Waals surface area contributed by atoms with Gasteiger partial charge in [0.2, 0.25) is 5.91 Å². The standard InChI is InChI=1S/C16H14N4O2/c1-11(15(21)19-12-5-4-8-17-9-12)20-10-18-14-7-3-2-6-13(14)16(20)22/h2-11H,1H3,(H,19,21)/t11-/m0/s1. The Balaban J connectivity index is 1.92. The highest BCUT2D eigenvalue weighted by Gasteiger charge is 2.17. The summed E-state index contributed by atoms with van der Waals surface area (Å²) in [5.74, 6) is -0.299. The van der Waals surface area contributed by atoms with Crippen LogP contribution in [0.25, 0.3) is 10.9 Å². The van der Waals surface area contributed by atoms with Crippen LogP contribution in [-0.4, -0.2) is 20.4 Å². The summed E-state index contributed by atoms with van der Waals surface area (Å²) < 4.78 is 1.33. The first kappa shape index (κ1) is 13.9. The average molecular weight is 294 g/mol. The maximum Gasteiger partial charge on any atom is 0.261 e. The van der Waals surface area contributed by atoms with Crippen LogP contribution in [0.1, 0.15) is 13.0 Å². The number of carbonyl (C=O) groups is 1. The van der Waals surface area contributed by atoms with E-state index >= 15 is 0 Å². The van der Waals surface area contributed by atoms with Crippen molar-refractivity contribution in [1.29, 1.82) is 0 Å².